The highest BCUT2D eigenvalue weighted by Gasteiger charge is 2.18. The summed E-state index contributed by atoms with van der Waals surface area (Å²) >= 11 is 6.02. The molecule has 0 spiro atoms. The van der Waals surface area contributed by atoms with Crippen molar-refractivity contribution in [3.63, 3.8) is 0 Å². The quantitative estimate of drug-likeness (QED) is 0.636. The number of sulfonamides is 1. The van der Waals surface area contributed by atoms with E-state index in [2.05, 4.69) is 15.0 Å². The molecule has 3 aromatic rings. The molecular weight excluding hydrogens is 398 g/mol. The van der Waals surface area contributed by atoms with Crippen LogP contribution in [0.25, 0.3) is 0 Å². The molecule has 28 heavy (non-hydrogen) atoms. The number of amides is 1. The number of carbonyl (C=O) groups excluding carboxylic acids is 1. The largest absolute Gasteiger partial charge is 0.346 e. The average Bonchev–Trinajstić information content (AvgIpc) is 2.70. The summed E-state index contributed by atoms with van der Waals surface area (Å²) in [6, 6.07) is 15.7. The number of carbonyl (C=O) groups is 1. The number of para-hydroxylation sites is 1. The summed E-state index contributed by atoms with van der Waals surface area (Å²) in [5.41, 5.74) is 1.40. The van der Waals surface area contributed by atoms with Crippen LogP contribution in [0.2, 0.25) is 5.02 Å². The molecule has 0 saturated carbocycles. The number of nitrogens with one attached hydrogen (secondary N) is 2. The van der Waals surface area contributed by atoms with Crippen molar-refractivity contribution in [2.75, 3.05) is 4.72 Å². The topological polar surface area (TPSA) is 88.2 Å². The van der Waals surface area contributed by atoms with E-state index in [1.807, 2.05) is 6.92 Å². The molecule has 1 amide bonds. The zero-order valence-electron chi connectivity index (χ0n) is 15.0. The number of halogens is 1. The number of hydrogen-bond donors (Lipinski definition) is 2. The van der Waals surface area contributed by atoms with E-state index >= 15 is 0 Å². The van der Waals surface area contributed by atoms with E-state index < -0.39 is 10.0 Å². The summed E-state index contributed by atoms with van der Waals surface area (Å²) in [4.78, 5) is 16.5. The lowest BCUT2D eigenvalue weighted by molar-refractivity contribution is 0.0939. The monoisotopic (exact) mass is 415 g/mol. The predicted molar refractivity (Wildman–Crippen MR) is 109 cm³/mol. The summed E-state index contributed by atoms with van der Waals surface area (Å²) in [6.45, 7) is 1.84. The number of anilines is 1. The van der Waals surface area contributed by atoms with E-state index in [-0.39, 0.29) is 33.1 Å². The van der Waals surface area contributed by atoms with Gasteiger partial charge in [-0.2, -0.15) is 0 Å². The van der Waals surface area contributed by atoms with Crippen LogP contribution >= 0.6 is 11.6 Å². The van der Waals surface area contributed by atoms with Gasteiger partial charge in [-0.25, -0.2) is 8.42 Å². The van der Waals surface area contributed by atoms with Gasteiger partial charge < -0.3 is 5.32 Å². The molecule has 2 N–H and O–H groups in total. The Kier molecular flexibility index (Phi) is 5.96. The second-order valence-corrected chi connectivity index (χ2v) is 8.18. The SMILES string of the molecule is CC(NC(=O)c1cccc(S(=O)(=O)Nc2ccccc2Cl)c1)c1ccncc1. The van der Waals surface area contributed by atoms with Crippen molar-refractivity contribution in [1.82, 2.24) is 10.3 Å². The number of hydrogen-bond acceptors (Lipinski definition) is 4. The first-order chi connectivity index (χ1) is 13.4. The molecule has 1 aromatic heterocycles. The Labute approximate surface area is 168 Å². The molecule has 0 radical (unpaired) electrons. The van der Waals surface area contributed by atoms with Crippen LogP contribution in [0.4, 0.5) is 5.69 Å². The smallest absolute Gasteiger partial charge is 0.261 e. The highest BCUT2D eigenvalue weighted by Crippen LogP contribution is 2.24. The van der Waals surface area contributed by atoms with E-state index in [0.29, 0.717) is 0 Å². The Morgan fingerprint density at radius 1 is 1.04 bits per heavy atom. The van der Waals surface area contributed by atoms with Crippen LogP contribution in [0, 0.1) is 0 Å². The Hall–Kier alpha value is -2.90. The molecular formula is C20H18ClN3O3S. The number of nitrogens with zero attached hydrogens (tertiary/aromatic N) is 1. The molecule has 2 aromatic carbocycles. The Morgan fingerprint density at radius 3 is 2.46 bits per heavy atom. The van der Waals surface area contributed by atoms with Crippen LogP contribution in [0.5, 0.6) is 0 Å². The molecule has 1 atom stereocenters. The van der Waals surface area contributed by atoms with Crippen molar-refractivity contribution in [3.05, 3.63) is 89.2 Å². The average molecular weight is 416 g/mol. The third-order valence-electron chi connectivity index (χ3n) is 4.08. The lowest BCUT2D eigenvalue weighted by Crippen LogP contribution is -2.27. The summed E-state index contributed by atoms with van der Waals surface area (Å²) in [5, 5.41) is 3.13. The maximum atomic E-state index is 12.7. The first-order valence-corrected chi connectivity index (χ1v) is 10.3. The van der Waals surface area contributed by atoms with Crippen molar-refractivity contribution in [2.24, 2.45) is 0 Å². The molecule has 6 nitrogen and oxygen atoms in total. The van der Waals surface area contributed by atoms with Gasteiger partial charge in [-0.15, -0.1) is 0 Å². The summed E-state index contributed by atoms with van der Waals surface area (Å²) in [6.07, 6.45) is 3.29. The van der Waals surface area contributed by atoms with Gasteiger partial charge in [0.2, 0.25) is 0 Å². The first-order valence-electron chi connectivity index (χ1n) is 8.45. The highest BCUT2D eigenvalue weighted by molar-refractivity contribution is 7.92. The van der Waals surface area contributed by atoms with Crippen LogP contribution in [0.1, 0.15) is 28.9 Å². The zero-order chi connectivity index (χ0) is 20.1. The zero-order valence-corrected chi connectivity index (χ0v) is 16.5. The van der Waals surface area contributed by atoms with Crippen molar-refractivity contribution >= 4 is 33.2 Å². The fraction of sp³-hybridized carbons (Fsp3) is 0.100. The van der Waals surface area contributed by atoms with E-state index in [9.17, 15) is 13.2 Å². The van der Waals surface area contributed by atoms with Gasteiger partial charge in [0.05, 0.1) is 21.6 Å². The summed E-state index contributed by atoms with van der Waals surface area (Å²) in [7, 11) is -3.90. The Balaban J connectivity index is 1.79. The van der Waals surface area contributed by atoms with Gasteiger partial charge in [-0.1, -0.05) is 29.8 Å². The van der Waals surface area contributed by atoms with Crippen LogP contribution in [0.3, 0.4) is 0 Å². The third-order valence-corrected chi connectivity index (χ3v) is 5.77. The standard InChI is InChI=1S/C20H18ClN3O3S/c1-14(15-9-11-22-12-10-15)23-20(25)16-5-4-6-17(13-16)28(26,27)24-19-8-3-2-7-18(19)21/h2-14,24H,1H3,(H,23,25). The van der Waals surface area contributed by atoms with Crippen molar-refractivity contribution in [1.29, 1.82) is 0 Å². The minimum absolute atomic E-state index is 0.0309. The molecule has 0 aliphatic heterocycles. The maximum absolute atomic E-state index is 12.7. The van der Waals surface area contributed by atoms with E-state index in [0.717, 1.165) is 5.56 Å². The van der Waals surface area contributed by atoms with Crippen molar-refractivity contribution in [2.45, 2.75) is 17.9 Å². The number of pyridine rings is 1. The van der Waals surface area contributed by atoms with Crippen LogP contribution in [0.15, 0.2) is 78.0 Å². The van der Waals surface area contributed by atoms with Gasteiger partial charge in [0, 0.05) is 18.0 Å². The van der Waals surface area contributed by atoms with Crippen molar-refractivity contribution in [3.8, 4) is 0 Å². The predicted octanol–water partition coefficient (Wildman–Crippen LogP) is 4.03. The highest BCUT2D eigenvalue weighted by atomic mass is 35.5. The van der Waals surface area contributed by atoms with Gasteiger partial charge in [0.15, 0.2) is 0 Å². The third kappa shape index (κ3) is 4.68. The number of rotatable bonds is 6. The van der Waals surface area contributed by atoms with Gasteiger partial charge in [-0.05, 0) is 55.0 Å². The van der Waals surface area contributed by atoms with Gasteiger partial charge in [0.25, 0.3) is 15.9 Å². The Bertz CT molecular complexity index is 1090. The maximum Gasteiger partial charge on any atom is 0.261 e. The number of aromatic nitrogens is 1. The molecule has 1 unspecified atom stereocenters. The van der Waals surface area contributed by atoms with E-state index in [1.54, 1.807) is 54.9 Å². The fourth-order valence-corrected chi connectivity index (χ4v) is 3.93. The second-order valence-electron chi connectivity index (χ2n) is 6.09. The molecule has 0 saturated heterocycles. The lowest BCUT2D eigenvalue weighted by Gasteiger charge is -2.15. The van der Waals surface area contributed by atoms with Crippen LogP contribution < -0.4 is 10.0 Å². The molecule has 0 aliphatic rings. The molecule has 8 heteroatoms. The van der Waals surface area contributed by atoms with Crippen LogP contribution in [-0.4, -0.2) is 19.3 Å². The van der Waals surface area contributed by atoms with Gasteiger partial charge in [0.1, 0.15) is 0 Å². The van der Waals surface area contributed by atoms with Gasteiger partial charge in [-0.3, -0.25) is 14.5 Å². The summed E-state index contributed by atoms with van der Waals surface area (Å²) < 4.78 is 27.8. The minimum atomic E-state index is -3.90. The molecule has 0 bridgehead atoms. The second kappa shape index (κ2) is 8.41. The molecule has 0 fully saturated rings. The Morgan fingerprint density at radius 2 is 1.75 bits per heavy atom. The summed E-state index contributed by atoms with van der Waals surface area (Å²) in [5.74, 6) is -0.376. The molecule has 144 valence electrons. The van der Waals surface area contributed by atoms with Crippen molar-refractivity contribution < 1.29 is 13.2 Å². The molecule has 3 rings (SSSR count). The van der Waals surface area contributed by atoms with E-state index in [1.165, 1.54) is 18.2 Å². The van der Waals surface area contributed by atoms with Gasteiger partial charge >= 0.3 is 0 Å². The normalized spacial score (nSPS) is 12.2. The lowest BCUT2D eigenvalue weighted by atomic mass is 10.1. The first kappa shape index (κ1) is 19.9. The van der Waals surface area contributed by atoms with E-state index in [4.69, 9.17) is 11.6 Å². The minimum Gasteiger partial charge on any atom is -0.346 e. The number of benzene rings is 2. The molecule has 1 heterocycles. The van der Waals surface area contributed by atoms with Crippen LogP contribution in [-0.2, 0) is 10.0 Å². The molecule has 0 aliphatic carbocycles. The fourth-order valence-electron chi connectivity index (χ4n) is 2.57.